The monoisotopic (exact) mass is 438 g/mol. The van der Waals surface area contributed by atoms with Crippen molar-refractivity contribution in [2.24, 2.45) is 0 Å². The van der Waals surface area contributed by atoms with E-state index in [1.165, 1.54) is 5.57 Å². The van der Waals surface area contributed by atoms with Gasteiger partial charge < -0.3 is 25.3 Å². The number of aromatic nitrogens is 2. The van der Waals surface area contributed by atoms with Gasteiger partial charge in [-0.1, -0.05) is 5.57 Å². The van der Waals surface area contributed by atoms with Gasteiger partial charge in [-0.05, 0) is 56.5 Å². The summed E-state index contributed by atoms with van der Waals surface area (Å²) in [5, 5.41) is 7.82. The number of nitrogens with one attached hydrogen (secondary N) is 4. The van der Waals surface area contributed by atoms with Crippen LogP contribution in [-0.2, 0) is 11.2 Å². The van der Waals surface area contributed by atoms with Crippen molar-refractivity contribution >= 4 is 34.1 Å². The van der Waals surface area contributed by atoms with E-state index in [9.17, 15) is 14.0 Å². The Morgan fingerprint density at radius 2 is 1.97 bits per heavy atom. The van der Waals surface area contributed by atoms with E-state index in [1.807, 2.05) is 19.9 Å². The summed E-state index contributed by atoms with van der Waals surface area (Å²) in [5.41, 5.74) is 4.42. The highest BCUT2D eigenvalue weighted by Crippen LogP contribution is 2.22. The van der Waals surface area contributed by atoms with E-state index in [2.05, 4.69) is 20.6 Å². The highest BCUT2D eigenvalue weighted by Gasteiger charge is 2.16. The van der Waals surface area contributed by atoms with E-state index in [4.69, 9.17) is 4.74 Å². The van der Waals surface area contributed by atoms with Gasteiger partial charge in [0.05, 0.1) is 5.35 Å². The van der Waals surface area contributed by atoms with Gasteiger partial charge in [-0.25, -0.2) is 4.39 Å². The minimum atomic E-state index is -0.216. The average Bonchev–Trinajstić information content (AvgIpc) is 3.36. The van der Waals surface area contributed by atoms with Crippen LogP contribution < -0.4 is 25.9 Å². The van der Waals surface area contributed by atoms with Crippen LogP contribution in [0, 0.1) is 6.92 Å². The first-order valence-corrected chi connectivity index (χ1v) is 10.7. The van der Waals surface area contributed by atoms with Crippen molar-refractivity contribution in [3.8, 4) is 5.75 Å². The van der Waals surface area contributed by atoms with Crippen molar-refractivity contribution in [2.45, 2.75) is 33.1 Å². The zero-order valence-electron chi connectivity index (χ0n) is 18.4. The molecule has 2 heterocycles. The second-order valence-electron chi connectivity index (χ2n) is 8.06. The Bertz CT molecular complexity index is 1320. The van der Waals surface area contributed by atoms with Crippen LogP contribution in [0.2, 0.25) is 0 Å². The first kappa shape index (κ1) is 21.7. The third-order valence-corrected chi connectivity index (χ3v) is 5.88. The number of amides is 2. The number of benzene rings is 1. The van der Waals surface area contributed by atoms with Gasteiger partial charge in [0.25, 0.3) is 11.8 Å². The summed E-state index contributed by atoms with van der Waals surface area (Å²) in [5.74, 6) is 0.0252. The molecule has 0 bridgehead atoms. The van der Waals surface area contributed by atoms with E-state index in [0.717, 1.165) is 33.8 Å². The molecule has 0 aliphatic heterocycles. The summed E-state index contributed by atoms with van der Waals surface area (Å²) in [4.78, 5) is 30.3. The van der Waals surface area contributed by atoms with E-state index in [0.29, 0.717) is 36.2 Å². The molecule has 2 amide bonds. The van der Waals surface area contributed by atoms with Crippen LogP contribution in [0.5, 0.6) is 5.75 Å². The van der Waals surface area contributed by atoms with Gasteiger partial charge in [-0.2, -0.15) is 0 Å². The lowest BCUT2D eigenvalue weighted by Crippen LogP contribution is -2.33. The van der Waals surface area contributed by atoms with Crippen molar-refractivity contribution < 1.29 is 18.7 Å². The number of likely N-dealkylation sites (N-methyl/N-ethyl adjacent to an activating group) is 1. The van der Waals surface area contributed by atoms with Gasteiger partial charge in [0.1, 0.15) is 17.3 Å². The number of fused-ring (bicyclic) bond motifs is 2. The molecule has 2 aromatic heterocycles. The molecule has 8 heteroatoms. The fraction of sp³-hybridized carbons (Fsp3) is 0.333. The van der Waals surface area contributed by atoms with Crippen LogP contribution >= 0.6 is 0 Å². The molecule has 1 aliphatic rings. The van der Waals surface area contributed by atoms with Crippen molar-refractivity contribution in [3.05, 3.63) is 51.8 Å². The summed E-state index contributed by atoms with van der Waals surface area (Å²) in [7, 11) is 1.55. The largest absolute Gasteiger partial charge is 0.484 e. The number of ether oxygens (including phenoxy) is 1. The smallest absolute Gasteiger partial charge is 0.267 e. The van der Waals surface area contributed by atoms with Gasteiger partial charge in [-0.15, -0.1) is 0 Å². The second-order valence-corrected chi connectivity index (χ2v) is 8.06. The molecule has 1 aliphatic carbocycles. The molecule has 0 unspecified atom stereocenters. The number of carbonyl (C=O) groups excluding carboxylic acids is 2. The lowest BCUT2D eigenvalue weighted by Gasteiger charge is -2.08. The number of H-pyrrole nitrogens is 2. The maximum Gasteiger partial charge on any atom is 0.267 e. The zero-order valence-corrected chi connectivity index (χ0v) is 18.4. The first-order chi connectivity index (χ1) is 15.4. The number of aromatic amines is 2. The van der Waals surface area contributed by atoms with Crippen LogP contribution in [0.25, 0.3) is 22.3 Å². The number of rotatable bonds is 7. The second kappa shape index (κ2) is 8.90. The summed E-state index contributed by atoms with van der Waals surface area (Å²) in [6.07, 6.45) is 1.78. The SMILES string of the molecule is CNC(=O)COc1ccc2[nH]c(C(=O)NCCc3c(C)[nH]c4c3=C(C)CCC=4F)cc2c1. The van der Waals surface area contributed by atoms with Crippen LogP contribution in [0.15, 0.2) is 24.3 Å². The molecule has 4 rings (SSSR count). The van der Waals surface area contributed by atoms with Crippen molar-refractivity contribution in [2.75, 3.05) is 20.2 Å². The van der Waals surface area contributed by atoms with E-state index >= 15 is 0 Å². The molecule has 0 spiro atoms. The van der Waals surface area contributed by atoms with Gasteiger partial charge in [0.15, 0.2) is 6.61 Å². The number of halogens is 1. The van der Waals surface area contributed by atoms with Crippen LogP contribution in [0.4, 0.5) is 4.39 Å². The number of hydrogen-bond acceptors (Lipinski definition) is 3. The molecule has 0 fully saturated rings. The Morgan fingerprint density at radius 3 is 2.75 bits per heavy atom. The van der Waals surface area contributed by atoms with Crippen molar-refractivity contribution in [1.29, 1.82) is 0 Å². The number of carbonyl (C=O) groups is 2. The predicted molar refractivity (Wildman–Crippen MR) is 122 cm³/mol. The standard InChI is InChI=1S/C24H27FN4O3/c1-13-4-6-18(25)23-22(13)17(14(2)28-23)8-9-27-24(31)20-11-15-10-16(5-7-19(15)29-20)32-12-21(30)26-3/h5,7,10-11,28-29H,4,6,8-9,12H2,1-3H3,(H,26,30)(H,27,31). The van der Waals surface area contributed by atoms with Crippen LogP contribution in [0.1, 0.15) is 41.5 Å². The Balaban J connectivity index is 1.44. The van der Waals surface area contributed by atoms with Gasteiger partial charge >= 0.3 is 0 Å². The third-order valence-electron chi connectivity index (χ3n) is 5.88. The van der Waals surface area contributed by atoms with E-state index in [1.54, 1.807) is 25.2 Å². The van der Waals surface area contributed by atoms with Gasteiger partial charge in [-0.3, -0.25) is 9.59 Å². The molecule has 0 atom stereocenters. The summed E-state index contributed by atoms with van der Waals surface area (Å²) >= 11 is 0. The normalized spacial score (nSPS) is 13.2. The lowest BCUT2D eigenvalue weighted by atomic mass is 9.99. The zero-order chi connectivity index (χ0) is 22.8. The highest BCUT2D eigenvalue weighted by atomic mass is 19.1. The van der Waals surface area contributed by atoms with Crippen LogP contribution in [0.3, 0.4) is 0 Å². The summed E-state index contributed by atoms with van der Waals surface area (Å²) in [6, 6.07) is 7.09. The topological polar surface area (TPSA) is 99.0 Å². The molecule has 7 nitrogen and oxygen atoms in total. The third kappa shape index (κ3) is 4.26. The quantitative estimate of drug-likeness (QED) is 0.454. The first-order valence-electron chi connectivity index (χ1n) is 10.7. The molecule has 0 saturated carbocycles. The van der Waals surface area contributed by atoms with E-state index in [-0.39, 0.29) is 24.2 Å². The summed E-state index contributed by atoms with van der Waals surface area (Å²) < 4.78 is 19.7. The Labute approximate surface area is 184 Å². The maximum atomic E-state index is 14.2. The minimum absolute atomic E-state index is 0.0688. The highest BCUT2D eigenvalue weighted by molar-refractivity contribution is 5.98. The molecule has 1 aromatic carbocycles. The Morgan fingerprint density at radius 1 is 1.16 bits per heavy atom. The van der Waals surface area contributed by atoms with Gasteiger partial charge in [0, 0.05) is 41.8 Å². The van der Waals surface area contributed by atoms with Crippen LogP contribution in [-0.4, -0.2) is 42.0 Å². The molecular formula is C24H27FN4O3. The number of hydrogen-bond donors (Lipinski definition) is 4. The molecule has 32 heavy (non-hydrogen) atoms. The Kier molecular flexibility index (Phi) is 6.03. The predicted octanol–water partition coefficient (Wildman–Crippen LogP) is 1.94. The van der Waals surface area contributed by atoms with Crippen molar-refractivity contribution in [3.63, 3.8) is 0 Å². The minimum Gasteiger partial charge on any atom is -0.484 e. The molecule has 4 N–H and O–H groups in total. The lowest BCUT2D eigenvalue weighted by molar-refractivity contribution is -0.122. The molecule has 168 valence electrons. The Hall–Kier alpha value is -3.55. The summed E-state index contributed by atoms with van der Waals surface area (Å²) in [6.45, 7) is 4.35. The molecule has 0 radical (unpaired) electrons. The maximum absolute atomic E-state index is 14.2. The molecular weight excluding hydrogens is 411 g/mol. The fourth-order valence-electron chi connectivity index (χ4n) is 4.14. The fourth-order valence-corrected chi connectivity index (χ4v) is 4.14. The van der Waals surface area contributed by atoms with Crippen molar-refractivity contribution in [1.82, 2.24) is 20.6 Å². The average molecular weight is 439 g/mol. The molecule has 0 saturated heterocycles. The van der Waals surface area contributed by atoms with Gasteiger partial charge in [0.2, 0.25) is 0 Å². The number of aryl methyl sites for hydroxylation is 1. The van der Waals surface area contributed by atoms with E-state index < -0.39 is 0 Å². The molecule has 3 aromatic rings.